The Kier molecular flexibility index (Phi) is 5.37. The number of rotatable bonds is 4. The predicted molar refractivity (Wildman–Crippen MR) is 100 cm³/mol. The molecule has 0 amide bonds. The number of benzene rings is 2. The topological polar surface area (TPSA) is 73.6 Å². The number of methoxy groups -OCH3 is 1. The average molecular weight is 392 g/mol. The Bertz CT molecular complexity index is 948. The van der Waals surface area contributed by atoms with Gasteiger partial charge in [-0.3, -0.25) is 0 Å². The van der Waals surface area contributed by atoms with Gasteiger partial charge in [0.2, 0.25) is 10.0 Å². The Hall–Kier alpha value is -2.27. The minimum Gasteiger partial charge on any atom is -0.495 e. The van der Waals surface area contributed by atoms with Crippen LogP contribution in [0.2, 0.25) is 5.02 Å². The molecule has 0 saturated carbocycles. The molecule has 0 unspecified atom stereocenters. The summed E-state index contributed by atoms with van der Waals surface area (Å²) in [7, 11) is -2.27. The highest BCUT2D eigenvalue weighted by Crippen LogP contribution is 2.30. The summed E-state index contributed by atoms with van der Waals surface area (Å²) in [5.74, 6) is 0.276. The summed E-state index contributed by atoms with van der Waals surface area (Å²) < 4.78 is 32.6. The third-order valence-corrected chi connectivity index (χ3v) is 6.48. The van der Waals surface area contributed by atoms with Gasteiger partial charge in [-0.1, -0.05) is 17.7 Å². The van der Waals surface area contributed by atoms with Crippen LogP contribution in [0.4, 0.5) is 5.69 Å². The molecule has 0 bridgehead atoms. The van der Waals surface area contributed by atoms with Gasteiger partial charge in [-0.15, -0.1) is 0 Å². The van der Waals surface area contributed by atoms with Gasteiger partial charge in [0.05, 0.1) is 18.7 Å². The lowest BCUT2D eigenvalue weighted by Gasteiger charge is -2.35. The first-order valence-electron chi connectivity index (χ1n) is 8.04. The summed E-state index contributed by atoms with van der Waals surface area (Å²) in [6.45, 7) is 1.76. The number of piperazine rings is 1. The van der Waals surface area contributed by atoms with Gasteiger partial charge in [-0.05, 0) is 36.4 Å². The van der Waals surface area contributed by atoms with Crippen molar-refractivity contribution in [2.75, 3.05) is 38.2 Å². The van der Waals surface area contributed by atoms with Crippen LogP contribution in [0.3, 0.4) is 0 Å². The Labute approximate surface area is 158 Å². The fraction of sp³-hybridized carbons (Fsp3) is 0.278. The highest BCUT2D eigenvalue weighted by atomic mass is 35.5. The first kappa shape index (κ1) is 18.5. The van der Waals surface area contributed by atoms with Gasteiger partial charge in [0.25, 0.3) is 0 Å². The van der Waals surface area contributed by atoms with Crippen LogP contribution >= 0.6 is 11.6 Å². The fourth-order valence-electron chi connectivity index (χ4n) is 2.95. The minimum atomic E-state index is -3.70. The van der Waals surface area contributed by atoms with Crippen LogP contribution in [0.15, 0.2) is 47.4 Å². The SMILES string of the molecule is COc1ccc(Cl)cc1S(=O)(=O)N1CCN(c2cccc(C#N)c2)CC1. The number of nitriles is 1. The molecule has 6 nitrogen and oxygen atoms in total. The zero-order chi connectivity index (χ0) is 18.7. The van der Waals surface area contributed by atoms with E-state index in [-0.39, 0.29) is 10.6 Å². The molecule has 0 spiro atoms. The van der Waals surface area contributed by atoms with E-state index in [9.17, 15) is 8.42 Å². The van der Waals surface area contributed by atoms with Gasteiger partial charge in [-0.2, -0.15) is 9.57 Å². The van der Waals surface area contributed by atoms with Gasteiger partial charge in [-0.25, -0.2) is 8.42 Å². The highest BCUT2D eigenvalue weighted by molar-refractivity contribution is 7.89. The van der Waals surface area contributed by atoms with Crippen molar-refractivity contribution in [3.63, 3.8) is 0 Å². The molecule has 2 aromatic rings. The Morgan fingerprint density at radius 1 is 1.12 bits per heavy atom. The maximum atomic E-state index is 13.0. The van der Waals surface area contributed by atoms with E-state index in [0.29, 0.717) is 36.8 Å². The lowest BCUT2D eigenvalue weighted by atomic mass is 10.2. The molecule has 0 aromatic heterocycles. The first-order chi connectivity index (χ1) is 12.5. The third kappa shape index (κ3) is 3.63. The van der Waals surface area contributed by atoms with E-state index in [2.05, 4.69) is 11.0 Å². The molecule has 3 rings (SSSR count). The van der Waals surface area contributed by atoms with Crippen molar-refractivity contribution in [1.82, 2.24) is 4.31 Å². The Morgan fingerprint density at radius 3 is 2.50 bits per heavy atom. The van der Waals surface area contributed by atoms with Crippen molar-refractivity contribution >= 4 is 27.3 Å². The van der Waals surface area contributed by atoms with Crippen LogP contribution in [0.1, 0.15) is 5.56 Å². The number of halogens is 1. The van der Waals surface area contributed by atoms with Crippen LogP contribution in [0.25, 0.3) is 0 Å². The fourth-order valence-corrected chi connectivity index (χ4v) is 4.79. The smallest absolute Gasteiger partial charge is 0.246 e. The number of nitrogens with zero attached hydrogens (tertiary/aromatic N) is 3. The van der Waals surface area contributed by atoms with Crippen molar-refractivity contribution in [3.8, 4) is 11.8 Å². The monoisotopic (exact) mass is 391 g/mol. The van der Waals surface area contributed by atoms with Crippen molar-refractivity contribution in [3.05, 3.63) is 53.1 Å². The van der Waals surface area contributed by atoms with Crippen LogP contribution in [0.5, 0.6) is 5.75 Å². The molecule has 0 atom stereocenters. The summed E-state index contributed by atoms with van der Waals surface area (Å²) in [4.78, 5) is 2.15. The predicted octanol–water partition coefficient (Wildman–Crippen LogP) is 2.73. The molecule has 8 heteroatoms. The lowest BCUT2D eigenvalue weighted by molar-refractivity contribution is 0.374. The number of hydrogen-bond acceptors (Lipinski definition) is 5. The summed E-state index contributed by atoms with van der Waals surface area (Å²) in [5, 5.41) is 9.37. The zero-order valence-electron chi connectivity index (χ0n) is 14.2. The minimum absolute atomic E-state index is 0.0763. The van der Waals surface area contributed by atoms with E-state index in [1.54, 1.807) is 18.2 Å². The van der Waals surface area contributed by atoms with Gasteiger partial charge < -0.3 is 9.64 Å². The summed E-state index contributed by atoms with van der Waals surface area (Å²) >= 11 is 5.98. The molecule has 1 saturated heterocycles. The second kappa shape index (κ2) is 7.54. The van der Waals surface area contributed by atoms with Crippen molar-refractivity contribution in [1.29, 1.82) is 5.26 Å². The molecule has 0 aliphatic carbocycles. The molecular formula is C18H18ClN3O3S. The molecule has 26 heavy (non-hydrogen) atoms. The van der Waals surface area contributed by atoms with E-state index in [1.807, 2.05) is 18.2 Å². The van der Waals surface area contributed by atoms with Gasteiger partial charge >= 0.3 is 0 Å². The molecule has 0 radical (unpaired) electrons. The summed E-state index contributed by atoms with van der Waals surface area (Å²) in [6.07, 6.45) is 0. The normalized spacial score (nSPS) is 15.5. The van der Waals surface area contributed by atoms with Crippen LogP contribution in [0, 0.1) is 11.3 Å². The van der Waals surface area contributed by atoms with E-state index in [4.69, 9.17) is 21.6 Å². The molecule has 1 aliphatic heterocycles. The van der Waals surface area contributed by atoms with Crippen molar-refractivity contribution in [2.45, 2.75) is 4.90 Å². The highest BCUT2D eigenvalue weighted by Gasteiger charge is 2.31. The molecule has 2 aromatic carbocycles. The van der Waals surface area contributed by atoms with Crippen LogP contribution in [-0.2, 0) is 10.0 Å². The number of hydrogen-bond donors (Lipinski definition) is 0. The Balaban J connectivity index is 1.79. The molecule has 0 N–H and O–H groups in total. The largest absolute Gasteiger partial charge is 0.495 e. The molecule has 1 heterocycles. The Morgan fingerprint density at radius 2 is 1.85 bits per heavy atom. The maximum Gasteiger partial charge on any atom is 0.246 e. The quantitative estimate of drug-likeness (QED) is 0.801. The average Bonchev–Trinajstić information content (AvgIpc) is 2.68. The standard InChI is InChI=1S/C18H18ClN3O3S/c1-25-17-6-5-15(19)12-18(17)26(23,24)22-9-7-21(8-10-22)16-4-2-3-14(11-16)13-20/h2-6,11-12H,7-10H2,1H3. The van der Waals surface area contributed by atoms with Crippen molar-refractivity contribution in [2.24, 2.45) is 0 Å². The molecular weight excluding hydrogens is 374 g/mol. The second-order valence-corrected chi connectivity index (χ2v) is 8.19. The van der Waals surface area contributed by atoms with E-state index in [0.717, 1.165) is 5.69 Å². The van der Waals surface area contributed by atoms with Gasteiger partial charge in [0, 0.05) is 36.9 Å². The summed E-state index contributed by atoms with van der Waals surface area (Å²) in [5.41, 5.74) is 1.50. The maximum absolute atomic E-state index is 13.0. The number of ether oxygens (including phenoxy) is 1. The number of sulfonamides is 1. The first-order valence-corrected chi connectivity index (χ1v) is 9.86. The second-order valence-electron chi connectivity index (χ2n) is 5.85. The van der Waals surface area contributed by atoms with E-state index < -0.39 is 10.0 Å². The van der Waals surface area contributed by atoms with Gasteiger partial charge in [0.15, 0.2) is 0 Å². The summed E-state index contributed by atoms with van der Waals surface area (Å²) in [6, 6.07) is 14.0. The van der Waals surface area contributed by atoms with E-state index >= 15 is 0 Å². The van der Waals surface area contributed by atoms with Gasteiger partial charge in [0.1, 0.15) is 10.6 Å². The van der Waals surface area contributed by atoms with Crippen LogP contribution < -0.4 is 9.64 Å². The lowest BCUT2D eigenvalue weighted by Crippen LogP contribution is -2.48. The van der Waals surface area contributed by atoms with Crippen molar-refractivity contribution < 1.29 is 13.2 Å². The van der Waals surface area contributed by atoms with E-state index in [1.165, 1.54) is 17.5 Å². The molecule has 1 fully saturated rings. The molecule has 136 valence electrons. The third-order valence-electron chi connectivity index (χ3n) is 4.32. The molecule has 1 aliphatic rings. The number of anilines is 1. The van der Waals surface area contributed by atoms with Crippen LogP contribution in [-0.4, -0.2) is 46.0 Å². The zero-order valence-corrected chi connectivity index (χ0v) is 15.8.